The number of nitrogens with zero attached hydrogens (tertiary/aromatic N) is 4. The summed E-state index contributed by atoms with van der Waals surface area (Å²) >= 11 is 8.33. The lowest BCUT2D eigenvalue weighted by Gasteiger charge is -2.24. The number of carbonyl (C=O) groups is 1. The molecule has 0 unspecified atom stereocenters. The van der Waals surface area contributed by atoms with Crippen molar-refractivity contribution in [1.82, 2.24) is 9.88 Å². The molecule has 0 N–H and O–H groups in total. The average molecular weight is 439 g/mol. The number of halogens is 1. The fourth-order valence-corrected chi connectivity index (χ4v) is 4.78. The second-order valence-electron chi connectivity index (χ2n) is 5.99. The number of likely N-dealkylation sites (N-methyl/N-ethyl adjacent to an activating group) is 1. The number of thiazole rings is 1. The van der Waals surface area contributed by atoms with Crippen molar-refractivity contribution < 1.29 is 9.72 Å². The first kappa shape index (κ1) is 20.7. The van der Waals surface area contributed by atoms with Gasteiger partial charge in [-0.3, -0.25) is 19.8 Å². The summed E-state index contributed by atoms with van der Waals surface area (Å²) in [4.78, 5) is 32.4. The maximum Gasteiger partial charge on any atom is 0.324 e. The Hall–Kier alpha value is -2.07. The van der Waals surface area contributed by atoms with Crippen LogP contribution >= 0.6 is 34.3 Å². The summed E-state index contributed by atoms with van der Waals surface area (Å²) in [7, 11) is 0. The van der Waals surface area contributed by atoms with Crippen LogP contribution in [-0.2, 0) is 0 Å². The van der Waals surface area contributed by atoms with E-state index in [-0.39, 0.29) is 10.9 Å². The quantitative estimate of drug-likeness (QED) is 0.369. The van der Waals surface area contributed by atoms with Gasteiger partial charge in [0.05, 0.1) is 20.0 Å². The number of hydrogen-bond donors (Lipinski definition) is 0. The largest absolute Gasteiger partial charge is 0.324 e. The van der Waals surface area contributed by atoms with Gasteiger partial charge in [-0.1, -0.05) is 48.1 Å². The number of amides is 1. The highest BCUT2D eigenvalue weighted by Crippen LogP contribution is 2.33. The van der Waals surface area contributed by atoms with Crippen LogP contribution in [0, 0.1) is 10.1 Å². The molecule has 1 amide bonds. The van der Waals surface area contributed by atoms with E-state index in [0.717, 1.165) is 34.6 Å². The van der Waals surface area contributed by atoms with E-state index in [0.29, 0.717) is 28.1 Å². The Labute approximate surface area is 175 Å². The molecule has 2 heterocycles. The Morgan fingerprint density at radius 3 is 2.57 bits per heavy atom. The zero-order valence-corrected chi connectivity index (χ0v) is 17.8. The third kappa shape index (κ3) is 4.49. The molecule has 0 bridgehead atoms. The lowest BCUT2D eigenvalue weighted by atomic mass is 10.3. The molecule has 0 saturated carbocycles. The summed E-state index contributed by atoms with van der Waals surface area (Å²) in [6.45, 7) is 7.01. The number of hydrogen-bond acceptors (Lipinski definition) is 7. The molecule has 0 aliphatic carbocycles. The van der Waals surface area contributed by atoms with Crippen molar-refractivity contribution in [2.24, 2.45) is 0 Å². The Balaban J connectivity index is 1.94. The summed E-state index contributed by atoms with van der Waals surface area (Å²) in [6, 6.07) is 8.26. The minimum Gasteiger partial charge on any atom is -0.302 e. The van der Waals surface area contributed by atoms with Crippen molar-refractivity contribution in [2.45, 2.75) is 13.8 Å². The zero-order valence-electron chi connectivity index (χ0n) is 15.4. The van der Waals surface area contributed by atoms with Crippen LogP contribution in [0.25, 0.3) is 10.2 Å². The Bertz CT molecular complexity index is 1000. The first-order valence-corrected chi connectivity index (χ1v) is 10.8. The Morgan fingerprint density at radius 2 is 1.93 bits per heavy atom. The summed E-state index contributed by atoms with van der Waals surface area (Å²) < 4.78 is 0.889. The number of aromatic nitrogens is 1. The van der Waals surface area contributed by atoms with Crippen molar-refractivity contribution in [3.8, 4) is 0 Å². The molecule has 0 aliphatic heterocycles. The van der Waals surface area contributed by atoms with Crippen molar-refractivity contribution >= 4 is 60.5 Å². The Kier molecular flexibility index (Phi) is 6.61. The summed E-state index contributed by atoms with van der Waals surface area (Å²) in [6.07, 6.45) is 0. The molecule has 2 aromatic heterocycles. The topological polar surface area (TPSA) is 79.6 Å². The van der Waals surface area contributed by atoms with Gasteiger partial charge in [-0.2, -0.15) is 0 Å². The first-order chi connectivity index (χ1) is 13.4. The van der Waals surface area contributed by atoms with Gasteiger partial charge in [0.15, 0.2) is 5.13 Å². The van der Waals surface area contributed by atoms with Crippen LogP contribution in [0.15, 0.2) is 30.3 Å². The fourth-order valence-electron chi connectivity index (χ4n) is 2.74. The predicted molar refractivity (Wildman–Crippen MR) is 115 cm³/mol. The van der Waals surface area contributed by atoms with Crippen LogP contribution in [0.4, 0.5) is 10.1 Å². The monoisotopic (exact) mass is 438 g/mol. The van der Waals surface area contributed by atoms with Crippen LogP contribution < -0.4 is 4.90 Å². The molecule has 0 spiro atoms. The number of thiophene rings is 1. The van der Waals surface area contributed by atoms with Gasteiger partial charge in [0.25, 0.3) is 5.91 Å². The minimum atomic E-state index is -0.485. The SMILES string of the molecule is CCN(CC)CCN(C(=O)c1ccc([N+](=O)[O-])s1)c1nc2ccc(Cl)cc2s1. The van der Waals surface area contributed by atoms with E-state index >= 15 is 0 Å². The molecular formula is C18H19ClN4O3S2. The molecule has 3 aromatic rings. The third-order valence-corrected chi connectivity index (χ3v) is 6.63. The molecule has 0 saturated heterocycles. The molecule has 148 valence electrons. The number of anilines is 1. The summed E-state index contributed by atoms with van der Waals surface area (Å²) in [5, 5.41) is 12.1. The van der Waals surface area contributed by atoms with Gasteiger partial charge >= 0.3 is 5.00 Å². The molecule has 7 nitrogen and oxygen atoms in total. The van der Waals surface area contributed by atoms with E-state index in [1.165, 1.54) is 23.5 Å². The zero-order chi connectivity index (χ0) is 20.3. The highest BCUT2D eigenvalue weighted by atomic mass is 35.5. The molecule has 28 heavy (non-hydrogen) atoms. The van der Waals surface area contributed by atoms with Crippen LogP contribution in [0.1, 0.15) is 23.5 Å². The standard InChI is InChI=1S/C18H19ClN4O3S2/c1-3-21(4-2)9-10-22(17(24)14-7-8-16(27-14)23(25)26)18-20-13-6-5-12(19)11-15(13)28-18/h5-8,11H,3-4,9-10H2,1-2H3. The predicted octanol–water partition coefficient (Wildman–Crippen LogP) is 4.91. The number of rotatable bonds is 8. The number of nitro groups is 1. The van der Waals surface area contributed by atoms with E-state index in [2.05, 4.69) is 23.7 Å². The maximum atomic E-state index is 13.2. The van der Waals surface area contributed by atoms with Gasteiger partial charge in [-0.05, 0) is 37.4 Å². The van der Waals surface area contributed by atoms with Crippen LogP contribution in [-0.4, -0.2) is 46.9 Å². The molecule has 1 aromatic carbocycles. The van der Waals surface area contributed by atoms with E-state index in [1.807, 2.05) is 12.1 Å². The molecule has 0 aliphatic rings. The molecule has 0 radical (unpaired) electrons. The average Bonchev–Trinajstić information content (AvgIpc) is 3.31. The molecule has 3 rings (SSSR count). The van der Waals surface area contributed by atoms with Gasteiger partial charge in [-0.15, -0.1) is 0 Å². The van der Waals surface area contributed by atoms with Crippen LogP contribution in [0.5, 0.6) is 0 Å². The van der Waals surface area contributed by atoms with Crippen LogP contribution in [0.3, 0.4) is 0 Å². The number of benzene rings is 1. The van der Waals surface area contributed by atoms with Gasteiger partial charge in [0, 0.05) is 24.2 Å². The van der Waals surface area contributed by atoms with Crippen molar-refractivity contribution in [3.63, 3.8) is 0 Å². The molecule has 0 atom stereocenters. The second kappa shape index (κ2) is 8.95. The molecule has 10 heteroatoms. The number of fused-ring (bicyclic) bond motifs is 1. The van der Waals surface area contributed by atoms with E-state index in [1.54, 1.807) is 11.0 Å². The lowest BCUT2D eigenvalue weighted by molar-refractivity contribution is -0.380. The van der Waals surface area contributed by atoms with Crippen molar-refractivity contribution in [3.05, 3.63) is 50.3 Å². The Morgan fingerprint density at radius 1 is 1.18 bits per heavy atom. The fraction of sp³-hybridized carbons (Fsp3) is 0.333. The highest BCUT2D eigenvalue weighted by molar-refractivity contribution is 7.22. The van der Waals surface area contributed by atoms with Crippen molar-refractivity contribution in [2.75, 3.05) is 31.1 Å². The minimum absolute atomic E-state index is 0.0527. The van der Waals surface area contributed by atoms with Gasteiger partial charge in [0.2, 0.25) is 0 Å². The van der Waals surface area contributed by atoms with E-state index < -0.39 is 4.92 Å². The van der Waals surface area contributed by atoms with E-state index in [4.69, 9.17) is 11.6 Å². The lowest BCUT2D eigenvalue weighted by Crippen LogP contribution is -2.38. The third-order valence-electron chi connectivity index (χ3n) is 4.33. The molecule has 0 fully saturated rings. The summed E-state index contributed by atoms with van der Waals surface area (Å²) in [5.74, 6) is -0.282. The van der Waals surface area contributed by atoms with Gasteiger partial charge < -0.3 is 4.90 Å². The first-order valence-electron chi connectivity index (χ1n) is 8.77. The molecular weight excluding hydrogens is 420 g/mol. The highest BCUT2D eigenvalue weighted by Gasteiger charge is 2.25. The van der Waals surface area contributed by atoms with Gasteiger partial charge in [-0.25, -0.2) is 4.98 Å². The maximum absolute atomic E-state index is 13.2. The smallest absolute Gasteiger partial charge is 0.302 e. The summed E-state index contributed by atoms with van der Waals surface area (Å²) in [5.41, 5.74) is 0.766. The van der Waals surface area contributed by atoms with E-state index in [9.17, 15) is 14.9 Å². The second-order valence-corrected chi connectivity index (χ2v) is 8.49. The van der Waals surface area contributed by atoms with Crippen LogP contribution in [0.2, 0.25) is 5.02 Å². The number of carbonyl (C=O) groups excluding carboxylic acids is 1. The van der Waals surface area contributed by atoms with Gasteiger partial charge in [0.1, 0.15) is 0 Å². The van der Waals surface area contributed by atoms with Crippen molar-refractivity contribution in [1.29, 1.82) is 0 Å². The normalized spacial score (nSPS) is 11.3.